The monoisotopic (exact) mass is 312 g/mol. The Kier molecular flexibility index (Phi) is 5.47. The van der Waals surface area contributed by atoms with Gasteiger partial charge in [0.2, 0.25) is 0 Å². The quantitative estimate of drug-likeness (QED) is 0.819. The average Bonchev–Trinajstić information content (AvgIpc) is 3.03. The minimum absolute atomic E-state index is 0.633. The number of hydrogen-bond donors (Lipinski definition) is 0. The molecule has 1 aromatic carbocycles. The highest BCUT2D eigenvalue weighted by Gasteiger charge is 2.24. The standard InChI is InChI=1S/C19H28N4/c1-3-23-13-11-20-19(23)16-22-12-7-10-18(15-22)21(2)14-17-8-5-4-6-9-17/h4-6,8-9,11,13,18H,3,7,10,12,14-16H2,1-2H3. The fourth-order valence-corrected chi connectivity index (χ4v) is 3.51. The minimum Gasteiger partial charge on any atom is -0.334 e. The van der Waals surface area contributed by atoms with Gasteiger partial charge in [-0.25, -0.2) is 4.98 Å². The number of likely N-dealkylation sites (N-methyl/N-ethyl adjacent to an activating group) is 1. The van der Waals surface area contributed by atoms with Crippen LogP contribution < -0.4 is 0 Å². The summed E-state index contributed by atoms with van der Waals surface area (Å²) in [7, 11) is 2.26. The Morgan fingerprint density at radius 3 is 2.87 bits per heavy atom. The lowest BCUT2D eigenvalue weighted by atomic mass is 10.0. The minimum atomic E-state index is 0.633. The Bertz CT molecular complexity index is 592. The van der Waals surface area contributed by atoms with E-state index in [1.165, 1.54) is 30.8 Å². The third-order valence-corrected chi connectivity index (χ3v) is 4.89. The zero-order chi connectivity index (χ0) is 16.1. The van der Waals surface area contributed by atoms with Crippen LogP contribution >= 0.6 is 0 Å². The Morgan fingerprint density at radius 1 is 1.26 bits per heavy atom. The number of aromatic nitrogens is 2. The van der Waals surface area contributed by atoms with Gasteiger partial charge in [0.05, 0.1) is 6.54 Å². The SMILES string of the molecule is CCn1ccnc1CN1CCCC(N(C)Cc2ccccc2)C1. The summed E-state index contributed by atoms with van der Waals surface area (Å²) in [5.41, 5.74) is 1.40. The first-order chi connectivity index (χ1) is 11.3. The van der Waals surface area contributed by atoms with E-state index in [2.05, 4.69) is 69.9 Å². The van der Waals surface area contributed by atoms with Crippen molar-refractivity contribution in [1.29, 1.82) is 0 Å². The molecule has 0 N–H and O–H groups in total. The first kappa shape index (κ1) is 16.2. The van der Waals surface area contributed by atoms with E-state index in [0.717, 1.165) is 26.2 Å². The van der Waals surface area contributed by atoms with E-state index >= 15 is 0 Å². The summed E-state index contributed by atoms with van der Waals surface area (Å²) in [5, 5.41) is 0. The van der Waals surface area contributed by atoms with Crippen molar-refractivity contribution >= 4 is 0 Å². The summed E-state index contributed by atoms with van der Waals surface area (Å²) in [4.78, 5) is 9.59. The van der Waals surface area contributed by atoms with Gasteiger partial charge < -0.3 is 4.57 Å². The molecule has 2 heterocycles. The number of benzene rings is 1. The molecule has 0 radical (unpaired) electrons. The van der Waals surface area contributed by atoms with Crippen molar-refractivity contribution in [2.45, 2.75) is 45.4 Å². The van der Waals surface area contributed by atoms with Crippen LogP contribution in [0.2, 0.25) is 0 Å². The van der Waals surface area contributed by atoms with Crippen LogP contribution in [0.25, 0.3) is 0 Å². The molecule has 0 amide bonds. The number of nitrogens with zero attached hydrogens (tertiary/aromatic N) is 4. The van der Waals surface area contributed by atoms with Gasteiger partial charge in [0.1, 0.15) is 5.82 Å². The molecular weight excluding hydrogens is 284 g/mol. The van der Waals surface area contributed by atoms with E-state index in [1.54, 1.807) is 0 Å². The second-order valence-electron chi connectivity index (χ2n) is 6.56. The number of hydrogen-bond acceptors (Lipinski definition) is 3. The summed E-state index contributed by atoms with van der Waals surface area (Å²) in [5.74, 6) is 1.19. The molecule has 0 spiro atoms. The molecule has 4 nitrogen and oxygen atoms in total. The number of likely N-dealkylation sites (tertiary alicyclic amines) is 1. The molecule has 3 rings (SSSR count). The Hall–Kier alpha value is -1.65. The van der Waals surface area contributed by atoms with E-state index in [4.69, 9.17) is 0 Å². The van der Waals surface area contributed by atoms with Gasteiger partial charge in [-0.05, 0) is 38.9 Å². The van der Waals surface area contributed by atoms with Crippen molar-refractivity contribution in [2.75, 3.05) is 20.1 Å². The zero-order valence-corrected chi connectivity index (χ0v) is 14.4. The van der Waals surface area contributed by atoms with Gasteiger partial charge in [-0.1, -0.05) is 30.3 Å². The highest BCUT2D eigenvalue weighted by atomic mass is 15.2. The van der Waals surface area contributed by atoms with Gasteiger partial charge in [0.15, 0.2) is 0 Å². The smallest absolute Gasteiger partial charge is 0.122 e. The van der Waals surface area contributed by atoms with Gasteiger partial charge in [-0.2, -0.15) is 0 Å². The Balaban J connectivity index is 1.57. The first-order valence-corrected chi connectivity index (χ1v) is 8.72. The van der Waals surface area contributed by atoms with Crippen molar-refractivity contribution in [3.8, 4) is 0 Å². The fraction of sp³-hybridized carbons (Fsp3) is 0.526. The molecule has 4 heteroatoms. The molecule has 1 aliphatic heterocycles. The maximum absolute atomic E-state index is 4.53. The lowest BCUT2D eigenvalue weighted by molar-refractivity contribution is 0.104. The van der Waals surface area contributed by atoms with Crippen molar-refractivity contribution in [2.24, 2.45) is 0 Å². The molecule has 1 aromatic heterocycles. The number of piperidine rings is 1. The Morgan fingerprint density at radius 2 is 2.09 bits per heavy atom. The molecule has 1 aliphatic rings. The van der Waals surface area contributed by atoms with Crippen LogP contribution in [0.4, 0.5) is 0 Å². The average molecular weight is 312 g/mol. The van der Waals surface area contributed by atoms with Crippen LogP contribution in [-0.2, 0) is 19.6 Å². The number of rotatable bonds is 6. The topological polar surface area (TPSA) is 24.3 Å². The van der Waals surface area contributed by atoms with Gasteiger partial charge in [0.25, 0.3) is 0 Å². The molecule has 1 saturated heterocycles. The fourth-order valence-electron chi connectivity index (χ4n) is 3.51. The predicted molar refractivity (Wildman–Crippen MR) is 94.1 cm³/mol. The van der Waals surface area contributed by atoms with E-state index in [0.29, 0.717) is 6.04 Å². The molecule has 23 heavy (non-hydrogen) atoms. The molecule has 2 aromatic rings. The summed E-state index contributed by atoms with van der Waals surface area (Å²) in [6.45, 7) is 7.50. The summed E-state index contributed by atoms with van der Waals surface area (Å²) >= 11 is 0. The Labute approximate surface area is 139 Å². The summed E-state index contributed by atoms with van der Waals surface area (Å²) in [6, 6.07) is 11.4. The molecule has 1 unspecified atom stereocenters. The van der Waals surface area contributed by atoms with Crippen LogP contribution in [0, 0.1) is 0 Å². The molecule has 1 atom stereocenters. The van der Waals surface area contributed by atoms with E-state index in [1.807, 2.05) is 6.20 Å². The van der Waals surface area contributed by atoms with E-state index in [9.17, 15) is 0 Å². The van der Waals surface area contributed by atoms with Crippen molar-refractivity contribution in [3.05, 3.63) is 54.1 Å². The van der Waals surface area contributed by atoms with Crippen molar-refractivity contribution in [1.82, 2.24) is 19.4 Å². The van der Waals surface area contributed by atoms with E-state index < -0.39 is 0 Å². The van der Waals surface area contributed by atoms with Gasteiger partial charge >= 0.3 is 0 Å². The van der Waals surface area contributed by atoms with Crippen LogP contribution in [0.5, 0.6) is 0 Å². The molecule has 124 valence electrons. The largest absolute Gasteiger partial charge is 0.334 e. The molecule has 1 fully saturated rings. The summed E-state index contributed by atoms with van der Waals surface area (Å²) in [6.07, 6.45) is 6.57. The van der Waals surface area contributed by atoms with E-state index in [-0.39, 0.29) is 0 Å². The highest BCUT2D eigenvalue weighted by molar-refractivity contribution is 5.14. The second kappa shape index (κ2) is 7.75. The zero-order valence-electron chi connectivity index (χ0n) is 14.4. The van der Waals surface area contributed by atoms with Crippen LogP contribution in [0.3, 0.4) is 0 Å². The third-order valence-electron chi connectivity index (χ3n) is 4.89. The van der Waals surface area contributed by atoms with Crippen molar-refractivity contribution in [3.63, 3.8) is 0 Å². The molecule has 0 saturated carbocycles. The molecular formula is C19H28N4. The second-order valence-corrected chi connectivity index (χ2v) is 6.56. The first-order valence-electron chi connectivity index (χ1n) is 8.72. The number of imidazole rings is 1. The lowest BCUT2D eigenvalue weighted by Crippen LogP contribution is -2.46. The van der Waals surface area contributed by atoms with Gasteiger partial charge in [0, 0.05) is 38.1 Å². The number of aryl methyl sites for hydroxylation is 1. The normalized spacial score (nSPS) is 19.3. The van der Waals surface area contributed by atoms with Gasteiger partial charge in [-0.15, -0.1) is 0 Å². The maximum Gasteiger partial charge on any atom is 0.122 e. The third kappa shape index (κ3) is 4.21. The van der Waals surface area contributed by atoms with Crippen LogP contribution in [-0.4, -0.2) is 45.5 Å². The van der Waals surface area contributed by atoms with Crippen LogP contribution in [0.1, 0.15) is 31.2 Å². The maximum atomic E-state index is 4.53. The molecule has 0 bridgehead atoms. The van der Waals surface area contributed by atoms with Crippen LogP contribution in [0.15, 0.2) is 42.7 Å². The highest BCUT2D eigenvalue weighted by Crippen LogP contribution is 2.18. The lowest BCUT2D eigenvalue weighted by Gasteiger charge is -2.37. The van der Waals surface area contributed by atoms with Crippen molar-refractivity contribution < 1.29 is 0 Å². The molecule has 0 aliphatic carbocycles. The summed E-state index contributed by atoms with van der Waals surface area (Å²) < 4.78 is 2.25. The predicted octanol–water partition coefficient (Wildman–Crippen LogP) is 3.00. The van der Waals surface area contributed by atoms with Gasteiger partial charge in [-0.3, -0.25) is 9.80 Å².